The van der Waals surface area contributed by atoms with Gasteiger partial charge in [-0.05, 0) is 22.9 Å². The molecular weight excluding hydrogens is 350 g/mol. The summed E-state index contributed by atoms with van der Waals surface area (Å²) in [4.78, 5) is 24.6. The lowest BCUT2D eigenvalue weighted by atomic mass is 10.3. The van der Waals surface area contributed by atoms with E-state index in [-0.39, 0.29) is 6.03 Å². The molecule has 2 aromatic rings. The normalized spacial score (nSPS) is 15.4. The van der Waals surface area contributed by atoms with Gasteiger partial charge in [0.2, 0.25) is 0 Å². The molecule has 3 heterocycles. The number of fused-ring (bicyclic) bond motifs is 1. The second kappa shape index (κ2) is 6.07. The molecule has 1 saturated heterocycles. The van der Waals surface area contributed by atoms with Crippen molar-refractivity contribution in [2.45, 2.75) is 6.92 Å². The Morgan fingerprint density at radius 2 is 2.05 bits per heavy atom. The molecule has 0 unspecified atom stereocenters. The zero-order valence-corrected chi connectivity index (χ0v) is 14.2. The Morgan fingerprint density at radius 3 is 2.73 bits per heavy atom. The number of amides is 2. The summed E-state index contributed by atoms with van der Waals surface area (Å²) in [7, 11) is 1.86. The van der Waals surface area contributed by atoms with Crippen LogP contribution < -0.4 is 10.2 Å². The van der Waals surface area contributed by atoms with E-state index < -0.39 is 0 Å². The van der Waals surface area contributed by atoms with Gasteiger partial charge in [-0.1, -0.05) is 0 Å². The van der Waals surface area contributed by atoms with E-state index in [2.05, 4.69) is 41.2 Å². The van der Waals surface area contributed by atoms with E-state index in [1.165, 1.54) is 0 Å². The molecule has 0 atom stereocenters. The minimum atomic E-state index is -0.00228. The number of urea groups is 1. The largest absolute Gasteiger partial charge is 0.352 e. The fourth-order valence-corrected chi connectivity index (χ4v) is 3.24. The molecule has 1 aliphatic heterocycles. The summed E-state index contributed by atoms with van der Waals surface area (Å²) < 4.78 is 2.47. The maximum Gasteiger partial charge on any atom is 0.317 e. The first-order chi connectivity index (χ1) is 10.6. The molecule has 0 aromatic carbocycles. The van der Waals surface area contributed by atoms with E-state index in [1.807, 2.05) is 18.9 Å². The molecule has 9 heteroatoms. The third kappa shape index (κ3) is 2.60. The van der Waals surface area contributed by atoms with Crippen molar-refractivity contribution < 1.29 is 4.79 Å². The molecule has 8 nitrogen and oxygen atoms in total. The van der Waals surface area contributed by atoms with Gasteiger partial charge in [-0.3, -0.25) is 0 Å². The van der Waals surface area contributed by atoms with Crippen LogP contribution >= 0.6 is 15.9 Å². The fourth-order valence-electron chi connectivity index (χ4n) is 2.65. The summed E-state index contributed by atoms with van der Waals surface area (Å²) in [6, 6.07) is -0.00228. The number of nitrogens with one attached hydrogen (secondary N) is 1. The van der Waals surface area contributed by atoms with Crippen molar-refractivity contribution in [1.82, 2.24) is 30.0 Å². The number of hydrogen-bond donors (Lipinski definition) is 1. The van der Waals surface area contributed by atoms with Gasteiger partial charge in [0.15, 0.2) is 5.65 Å². The molecule has 0 saturated carbocycles. The predicted molar refractivity (Wildman–Crippen MR) is 86.9 cm³/mol. The lowest BCUT2D eigenvalue weighted by molar-refractivity contribution is 0.195. The van der Waals surface area contributed by atoms with E-state index in [0.717, 1.165) is 34.5 Å². The minimum Gasteiger partial charge on any atom is -0.352 e. The molecule has 0 aliphatic carbocycles. The lowest BCUT2D eigenvalue weighted by Gasteiger charge is -2.35. The van der Waals surface area contributed by atoms with E-state index in [9.17, 15) is 4.79 Å². The minimum absolute atomic E-state index is 0.00228. The number of aryl methyl sites for hydroxylation is 1. The Labute approximate surface area is 136 Å². The van der Waals surface area contributed by atoms with Crippen molar-refractivity contribution in [3.63, 3.8) is 0 Å². The second-order valence-corrected chi connectivity index (χ2v) is 5.87. The maximum absolute atomic E-state index is 11.9. The average Bonchev–Trinajstić information content (AvgIpc) is 2.83. The number of carbonyl (C=O) groups excluding carboxylic acids is 1. The van der Waals surface area contributed by atoms with Crippen LogP contribution in [0.5, 0.6) is 0 Å². The number of piperazine rings is 1. The molecule has 0 spiro atoms. The molecule has 0 bridgehead atoms. The summed E-state index contributed by atoms with van der Waals surface area (Å²) in [6.45, 7) is 5.40. The summed E-state index contributed by atoms with van der Waals surface area (Å²) in [6.07, 6.45) is 1.56. The molecule has 118 valence electrons. The number of carbonyl (C=O) groups is 1. The second-order valence-electron chi connectivity index (χ2n) is 5.12. The number of nitrogens with zero attached hydrogens (tertiary/aromatic N) is 6. The first-order valence-corrected chi connectivity index (χ1v) is 8.02. The standard InChI is InChI=1S/C13H18BrN7O/c1-3-15-13(22)21-6-4-20(5-7-21)12-9-10(14)18-19(2)11(9)16-8-17-12/h8H,3-7H2,1-2H3,(H,15,22). The predicted octanol–water partition coefficient (Wildman–Crippen LogP) is 0.977. The topological polar surface area (TPSA) is 79.2 Å². The van der Waals surface area contributed by atoms with Crippen LogP contribution in [-0.2, 0) is 7.05 Å². The van der Waals surface area contributed by atoms with Crippen molar-refractivity contribution >= 4 is 38.8 Å². The quantitative estimate of drug-likeness (QED) is 0.855. The number of anilines is 1. The van der Waals surface area contributed by atoms with Gasteiger partial charge in [0.1, 0.15) is 16.7 Å². The summed E-state index contributed by atoms with van der Waals surface area (Å²) >= 11 is 3.48. The van der Waals surface area contributed by atoms with Crippen molar-refractivity contribution in [2.24, 2.45) is 7.05 Å². The first kappa shape index (κ1) is 15.0. The van der Waals surface area contributed by atoms with Crippen LogP contribution in [0.2, 0.25) is 0 Å². The van der Waals surface area contributed by atoms with E-state index >= 15 is 0 Å². The van der Waals surface area contributed by atoms with Crippen LogP contribution in [0.4, 0.5) is 10.6 Å². The fraction of sp³-hybridized carbons (Fsp3) is 0.538. The molecule has 22 heavy (non-hydrogen) atoms. The van der Waals surface area contributed by atoms with E-state index in [1.54, 1.807) is 11.0 Å². The van der Waals surface area contributed by atoms with Crippen molar-refractivity contribution in [3.8, 4) is 0 Å². The van der Waals surface area contributed by atoms with Crippen LogP contribution in [0.1, 0.15) is 6.92 Å². The molecule has 2 aromatic heterocycles. The molecule has 0 radical (unpaired) electrons. The molecule has 3 rings (SSSR count). The highest BCUT2D eigenvalue weighted by molar-refractivity contribution is 9.10. The highest BCUT2D eigenvalue weighted by Gasteiger charge is 2.24. The van der Waals surface area contributed by atoms with E-state index in [4.69, 9.17) is 0 Å². The molecule has 2 amide bonds. The van der Waals surface area contributed by atoms with Gasteiger partial charge >= 0.3 is 6.03 Å². The zero-order valence-electron chi connectivity index (χ0n) is 12.6. The summed E-state index contributed by atoms with van der Waals surface area (Å²) in [5.41, 5.74) is 0.794. The Kier molecular flexibility index (Phi) is 4.14. The van der Waals surface area contributed by atoms with Crippen LogP contribution in [0.15, 0.2) is 10.9 Å². The maximum atomic E-state index is 11.9. The van der Waals surface area contributed by atoms with Gasteiger partial charge in [-0.2, -0.15) is 5.10 Å². The number of aromatic nitrogens is 4. The molecule has 1 aliphatic rings. The van der Waals surface area contributed by atoms with Crippen LogP contribution in [0, 0.1) is 0 Å². The monoisotopic (exact) mass is 367 g/mol. The number of halogens is 1. The van der Waals surface area contributed by atoms with Crippen molar-refractivity contribution in [1.29, 1.82) is 0 Å². The first-order valence-electron chi connectivity index (χ1n) is 7.22. The van der Waals surface area contributed by atoms with Crippen molar-refractivity contribution in [3.05, 3.63) is 10.9 Å². The summed E-state index contributed by atoms with van der Waals surface area (Å²) in [5, 5.41) is 8.09. The van der Waals surface area contributed by atoms with Gasteiger partial charge in [0, 0.05) is 39.8 Å². The van der Waals surface area contributed by atoms with Gasteiger partial charge in [0.25, 0.3) is 0 Å². The lowest BCUT2D eigenvalue weighted by Crippen LogP contribution is -2.52. The Morgan fingerprint density at radius 1 is 1.32 bits per heavy atom. The Bertz CT molecular complexity index is 693. The SMILES string of the molecule is CCNC(=O)N1CCN(c2ncnc3c2c(Br)nn3C)CC1. The smallest absolute Gasteiger partial charge is 0.317 e. The van der Waals surface area contributed by atoms with Gasteiger partial charge in [-0.25, -0.2) is 19.4 Å². The third-order valence-corrected chi connectivity index (χ3v) is 4.31. The van der Waals surface area contributed by atoms with Crippen LogP contribution in [0.25, 0.3) is 11.0 Å². The third-order valence-electron chi connectivity index (χ3n) is 3.75. The highest BCUT2D eigenvalue weighted by Crippen LogP contribution is 2.29. The number of rotatable bonds is 2. The van der Waals surface area contributed by atoms with Gasteiger partial charge < -0.3 is 15.1 Å². The van der Waals surface area contributed by atoms with Crippen LogP contribution in [-0.4, -0.2) is 63.4 Å². The summed E-state index contributed by atoms with van der Waals surface area (Å²) in [5.74, 6) is 0.862. The molecule has 1 fully saturated rings. The number of hydrogen-bond acceptors (Lipinski definition) is 5. The highest BCUT2D eigenvalue weighted by atomic mass is 79.9. The van der Waals surface area contributed by atoms with Crippen LogP contribution in [0.3, 0.4) is 0 Å². The van der Waals surface area contributed by atoms with Crippen molar-refractivity contribution in [2.75, 3.05) is 37.6 Å². The average molecular weight is 368 g/mol. The van der Waals surface area contributed by atoms with E-state index in [0.29, 0.717) is 19.6 Å². The molecular formula is C13H18BrN7O. The van der Waals surface area contributed by atoms with Gasteiger partial charge in [-0.15, -0.1) is 0 Å². The van der Waals surface area contributed by atoms with Gasteiger partial charge in [0.05, 0.1) is 5.39 Å². The zero-order chi connectivity index (χ0) is 15.7. The Hall–Kier alpha value is -1.90. The molecule has 1 N–H and O–H groups in total. The Balaban J connectivity index is 1.81.